The van der Waals surface area contributed by atoms with E-state index in [2.05, 4.69) is 111 Å². The third-order valence-electron chi connectivity index (χ3n) is 4.35. The van der Waals surface area contributed by atoms with Crippen LogP contribution in [0.2, 0.25) is 0 Å². The molecular formula is C24H25N. The topological polar surface area (TPSA) is 3.24 Å². The van der Waals surface area contributed by atoms with Gasteiger partial charge in [0.2, 0.25) is 0 Å². The summed E-state index contributed by atoms with van der Waals surface area (Å²) in [5, 5.41) is 0. The Morgan fingerprint density at radius 1 is 0.720 bits per heavy atom. The number of hydrogen-bond acceptors (Lipinski definition) is 1. The van der Waals surface area contributed by atoms with E-state index in [1.165, 1.54) is 39.3 Å². The number of rotatable bonds is 4. The normalized spacial score (nSPS) is 10.4. The zero-order valence-electron chi connectivity index (χ0n) is 15.5. The monoisotopic (exact) mass is 327 g/mol. The Kier molecular flexibility index (Phi) is 5.04. The molecule has 0 amide bonds. The van der Waals surface area contributed by atoms with E-state index in [1.807, 2.05) is 0 Å². The van der Waals surface area contributed by atoms with Crippen LogP contribution in [0.3, 0.4) is 0 Å². The number of aryl methyl sites for hydroxylation is 2. The maximum absolute atomic E-state index is 2.37. The van der Waals surface area contributed by atoms with E-state index in [-0.39, 0.29) is 0 Å². The van der Waals surface area contributed by atoms with Gasteiger partial charge in [-0.2, -0.15) is 0 Å². The summed E-state index contributed by atoms with van der Waals surface area (Å²) in [4.78, 5) is 2.37. The van der Waals surface area contributed by atoms with Gasteiger partial charge in [-0.15, -0.1) is 0 Å². The summed E-state index contributed by atoms with van der Waals surface area (Å²) in [5.41, 5.74) is 8.71. The Morgan fingerprint density at radius 2 is 1.32 bits per heavy atom. The Balaban J connectivity index is 2.26. The molecule has 0 unspecified atom stereocenters. The smallest absolute Gasteiger partial charge is 0.0520 e. The Hall–Kier alpha value is -2.80. The number of hydrogen-bond donors (Lipinski definition) is 0. The first kappa shape index (κ1) is 17.0. The van der Waals surface area contributed by atoms with Crippen LogP contribution in [0.1, 0.15) is 30.5 Å². The lowest BCUT2D eigenvalue weighted by molar-refractivity contribution is 1.21. The Bertz CT molecular complexity index is 872. The number of benzene rings is 3. The molecule has 0 aromatic heterocycles. The molecule has 0 aliphatic rings. The quantitative estimate of drug-likeness (QED) is 0.504. The van der Waals surface area contributed by atoms with Crippen molar-refractivity contribution in [3.05, 3.63) is 101 Å². The van der Waals surface area contributed by atoms with Crippen LogP contribution in [0.5, 0.6) is 0 Å². The summed E-state index contributed by atoms with van der Waals surface area (Å²) in [5.74, 6) is 0. The van der Waals surface area contributed by atoms with Crippen LogP contribution in [0.15, 0.2) is 84.4 Å². The van der Waals surface area contributed by atoms with Gasteiger partial charge in [-0.25, -0.2) is 0 Å². The molecule has 1 nitrogen and oxygen atoms in total. The number of nitrogens with zero attached hydrogens (tertiary/aromatic N) is 1. The standard InChI is InChI=1S/C24H25N/c1-18(2)24(21-11-7-5-8-12-21)25(22-13-9-6-10-14-22)23-16-15-19(3)17-20(23)4/h5-17H,1-4H3. The highest BCUT2D eigenvalue weighted by atomic mass is 15.2. The van der Waals surface area contributed by atoms with E-state index in [0.717, 1.165) is 0 Å². The number of para-hydroxylation sites is 1. The zero-order chi connectivity index (χ0) is 17.8. The van der Waals surface area contributed by atoms with Gasteiger partial charge in [-0.1, -0.05) is 71.8 Å². The molecule has 3 aromatic rings. The summed E-state index contributed by atoms with van der Waals surface area (Å²) in [7, 11) is 0. The minimum Gasteiger partial charge on any atom is -0.310 e. The summed E-state index contributed by atoms with van der Waals surface area (Å²) < 4.78 is 0. The molecule has 0 aliphatic heterocycles. The first-order chi connectivity index (χ1) is 12.1. The predicted molar refractivity (Wildman–Crippen MR) is 109 cm³/mol. The van der Waals surface area contributed by atoms with Crippen LogP contribution in [-0.2, 0) is 0 Å². The Morgan fingerprint density at radius 3 is 1.88 bits per heavy atom. The second kappa shape index (κ2) is 7.40. The minimum absolute atomic E-state index is 1.18. The third kappa shape index (κ3) is 3.66. The molecule has 0 saturated heterocycles. The maximum atomic E-state index is 2.37. The molecule has 0 bridgehead atoms. The van der Waals surface area contributed by atoms with Gasteiger partial charge < -0.3 is 4.90 Å². The van der Waals surface area contributed by atoms with Gasteiger partial charge in [0.1, 0.15) is 0 Å². The molecule has 126 valence electrons. The highest BCUT2D eigenvalue weighted by molar-refractivity contribution is 5.90. The summed E-state index contributed by atoms with van der Waals surface area (Å²) in [6, 6.07) is 27.9. The number of anilines is 2. The van der Waals surface area contributed by atoms with Crippen LogP contribution in [0.4, 0.5) is 11.4 Å². The van der Waals surface area contributed by atoms with Gasteiger partial charge in [-0.05, 0) is 57.0 Å². The fourth-order valence-corrected chi connectivity index (χ4v) is 3.26. The molecule has 1 heteroatoms. The largest absolute Gasteiger partial charge is 0.310 e. The Labute approximate surface area is 151 Å². The van der Waals surface area contributed by atoms with Gasteiger partial charge in [0.15, 0.2) is 0 Å². The van der Waals surface area contributed by atoms with Crippen molar-refractivity contribution >= 4 is 17.1 Å². The van der Waals surface area contributed by atoms with Gasteiger partial charge in [0.05, 0.1) is 5.70 Å². The van der Waals surface area contributed by atoms with Crippen LogP contribution < -0.4 is 4.90 Å². The molecule has 0 aliphatic carbocycles. The van der Waals surface area contributed by atoms with Crippen molar-refractivity contribution in [1.29, 1.82) is 0 Å². The van der Waals surface area contributed by atoms with Crippen LogP contribution in [0, 0.1) is 13.8 Å². The third-order valence-corrected chi connectivity index (χ3v) is 4.35. The number of allylic oxidation sites excluding steroid dienone is 1. The summed E-state index contributed by atoms with van der Waals surface area (Å²) in [6.45, 7) is 8.69. The highest BCUT2D eigenvalue weighted by Crippen LogP contribution is 2.38. The van der Waals surface area contributed by atoms with E-state index < -0.39 is 0 Å². The van der Waals surface area contributed by atoms with Crippen LogP contribution in [0.25, 0.3) is 5.70 Å². The molecule has 25 heavy (non-hydrogen) atoms. The molecule has 0 heterocycles. The molecule has 0 spiro atoms. The van der Waals surface area contributed by atoms with E-state index in [1.54, 1.807) is 0 Å². The van der Waals surface area contributed by atoms with Crippen molar-refractivity contribution < 1.29 is 0 Å². The molecule has 0 atom stereocenters. The van der Waals surface area contributed by atoms with E-state index >= 15 is 0 Å². The average Bonchev–Trinajstić information content (AvgIpc) is 2.61. The van der Waals surface area contributed by atoms with Crippen molar-refractivity contribution in [3.63, 3.8) is 0 Å². The molecule has 0 N–H and O–H groups in total. The summed E-state index contributed by atoms with van der Waals surface area (Å²) in [6.07, 6.45) is 0. The highest BCUT2D eigenvalue weighted by Gasteiger charge is 2.19. The molecule has 0 saturated carbocycles. The lowest BCUT2D eigenvalue weighted by Crippen LogP contribution is -2.17. The fourth-order valence-electron chi connectivity index (χ4n) is 3.26. The molecule has 3 aromatic carbocycles. The molecular weight excluding hydrogens is 302 g/mol. The van der Waals surface area contributed by atoms with Crippen LogP contribution in [-0.4, -0.2) is 0 Å². The van der Waals surface area contributed by atoms with Crippen molar-refractivity contribution in [2.24, 2.45) is 0 Å². The molecule has 0 radical (unpaired) electrons. The van der Waals surface area contributed by atoms with Gasteiger partial charge >= 0.3 is 0 Å². The minimum atomic E-state index is 1.18. The van der Waals surface area contributed by atoms with E-state index in [9.17, 15) is 0 Å². The van der Waals surface area contributed by atoms with Crippen molar-refractivity contribution in [1.82, 2.24) is 0 Å². The van der Waals surface area contributed by atoms with E-state index in [0.29, 0.717) is 0 Å². The fraction of sp³-hybridized carbons (Fsp3) is 0.167. The summed E-state index contributed by atoms with van der Waals surface area (Å²) >= 11 is 0. The molecule has 0 fully saturated rings. The first-order valence-corrected chi connectivity index (χ1v) is 8.73. The molecule has 3 rings (SSSR count). The van der Waals surface area contributed by atoms with Gasteiger partial charge in [0.25, 0.3) is 0 Å². The van der Waals surface area contributed by atoms with Crippen molar-refractivity contribution in [2.75, 3.05) is 4.90 Å². The van der Waals surface area contributed by atoms with Gasteiger partial charge in [-0.3, -0.25) is 0 Å². The average molecular weight is 327 g/mol. The second-order valence-corrected chi connectivity index (χ2v) is 6.68. The maximum Gasteiger partial charge on any atom is 0.0520 e. The van der Waals surface area contributed by atoms with E-state index in [4.69, 9.17) is 0 Å². The second-order valence-electron chi connectivity index (χ2n) is 6.68. The first-order valence-electron chi connectivity index (χ1n) is 8.73. The van der Waals surface area contributed by atoms with Gasteiger partial charge in [0, 0.05) is 11.4 Å². The zero-order valence-corrected chi connectivity index (χ0v) is 15.5. The van der Waals surface area contributed by atoms with Crippen molar-refractivity contribution in [3.8, 4) is 0 Å². The van der Waals surface area contributed by atoms with Crippen LogP contribution >= 0.6 is 0 Å². The van der Waals surface area contributed by atoms with Crippen molar-refractivity contribution in [2.45, 2.75) is 27.7 Å². The SMILES string of the molecule is CC(C)=C(c1ccccc1)N(c1ccccc1)c1ccc(C)cc1C. The predicted octanol–water partition coefficient (Wildman–Crippen LogP) is 6.89. The lowest BCUT2D eigenvalue weighted by atomic mass is 10.0. The lowest BCUT2D eigenvalue weighted by Gasteiger charge is -2.31.